The molecular weight excluding hydrogens is 314 g/mol. The largest absolute Gasteiger partial charge is 0.493 e. The minimum absolute atomic E-state index is 0.216. The van der Waals surface area contributed by atoms with Gasteiger partial charge in [-0.05, 0) is 57.2 Å². The minimum Gasteiger partial charge on any atom is -0.493 e. The van der Waals surface area contributed by atoms with E-state index in [0.717, 1.165) is 37.2 Å². The summed E-state index contributed by atoms with van der Waals surface area (Å²) in [5.74, 6) is 1.82. The summed E-state index contributed by atoms with van der Waals surface area (Å²) >= 11 is 5.83. The van der Waals surface area contributed by atoms with Gasteiger partial charge in [-0.15, -0.1) is 11.6 Å². The van der Waals surface area contributed by atoms with Gasteiger partial charge in [0, 0.05) is 19.0 Å². The van der Waals surface area contributed by atoms with Crippen LogP contribution in [-0.2, 0) is 10.6 Å². The lowest BCUT2D eigenvalue weighted by Gasteiger charge is -2.33. The van der Waals surface area contributed by atoms with Crippen molar-refractivity contribution in [3.05, 3.63) is 29.8 Å². The van der Waals surface area contributed by atoms with Gasteiger partial charge in [0.1, 0.15) is 11.4 Å². The van der Waals surface area contributed by atoms with E-state index in [9.17, 15) is 4.79 Å². The average Bonchev–Trinajstić information content (AvgIpc) is 2.52. The van der Waals surface area contributed by atoms with E-state index in [0.29, 0.717) is 18.4 Å². The van der Waals surface area contributed by atoms with Gasteiger partial charge in [0.05, 0.1) is 6.61 Å². The maximum Gasteiger partial charge on any atom is 0.410 e. The molecule has 1 aliphatic rings. The van der Waals surface area contributed by atoms with Crippen molar-refractivity contribution in [3.63, 3.8) is 0 Å². The molecule has 0 unspecified atom stereocenters. The molecular formula is C18H26ClNO3. The number of rotatable bonds is 4. The zero-order valence-corrected chi connectivity index (χ0v) is 14.9. The van der Waals surface area contributed by atoms with Crippen LogP contribution in [-0.4, -0.2) is 36.3 Å². The van der Waals surface area contributed by atoms with Crippen LogP contribution in [0.1, 0.15) is 39.2 Å². The fourth-order valence-corrected chi connectivity index (χ4v) is 2.71. The number of nitrogens with zero attached hydrogens (tertiary/aromatic N) is 1. The molecule has 1 aliphatic heterocycles. The standard InChI is InChI=1S/C18H26ClNO3/c1-18(2,3)23-17(21)20-9-7-14(8-10-20)13-22-16-6-4-5-15(11-16)12-19/h4-6,11,14H,7-10,12-13H2,1-3H3. The fraction of sp³-hybridized carbons (Fsp3) is 0.611. The molecule has 0 atom stereocenters. The Hall–Kier alpha value is -1.42. The number of ether oxygens (including phenoxy) is 2. The molecule has 0 radical (unpaired) electrons. The molecule has 0 aliphatic carbocycles. The summed E-state index contributed by atoms with van der Waals surface area (Å²) in [7, 11) is 0. The van der Waals surface area contributed by atoms with Crippen LogP contribution in [0.2, 0.25) is 0 Å². The highest BCUT2D eigenvalue weighted by Gasteiger charge is 2.27. The van der Waals surface area contributed by atoms with Crippen molar-refractivity contribution >= 4 is 17.7 Å². The van der Waals surface area contributed by atoms with E-state index in [-0.39, 0.29) is 6.09 Å². The first-order chi connectivity index (χ1) is 10.9. The highest BCUT2D eigenvalue weighted by atomic mass is 35.5. The quantitative estimate of drug-likeness (QED) is 0.761. The Balaban J connectivity index is 1.75. The second-order valence-corrected chi connectivity index (χ2v) is 7.27. The van der Waals surface area contributed by atoms with Crippen LogP contribution < -0.4 is 4.74 Å². The van der Waals surface area contributed by atoms with Crippen molar-refractivity contribution in [2.75, 3.05) is 19.7 Å². The number of carbonyl (C=O) groups is 1. The molecule has 1 fully saturated rings. The third-order valence-corrected chi connectivity index (χ3v) is 4.11. The zero-order valence-electron chi connectivity index (χ0n) is 14.2. The fourth-order valence-electron chi connectivity index (χ4n) is 2.54. The van der Waals surface area contributed by atoms with E-state index in [1.165, 1.54) is 0 Å². The van der Waals surface area contributed by atoms with Crippen molar-refractivity contribution in [3.8, 4) is 5.75 Å². The summed E-state index contributed by atoms with van der Waals surface area (Å²) in [5.41, 5.74) is 0.619. The highest BCUT2D eigenvalue weighted by molar-refractivity contribution is 6.17. The van der Waals surface area contributed by atoms with Crippen LogP contribution in [0.3, 0.4) is 0 Å². The molecule has 5 heteroatoms. The Morgan fingerprint density at radius 1 is 1.30 bits per heavy atom. The van der Waals surface area contributed by atoms with E-state index in [2.05, 4.69) is 0 Å². The Morgan fingerprint density at radius 3 is 2.61 bits per heavy atom. The molecule has 23 heavy (non-hydrogen) atoms. The molecule has 1 amide bonds. The summed E-state index contributed by atoms with van der Waals surface area (Å²) < 4.78 is 11.3. The van der Waals surface area contributed by atoms with Crippen LogP contribution in [0, 0.1) is 5.92 Å². The molecule has 1 heterocycles. The van der Waals surface area contributed by atoms with Gasteiger partial charge in [-0.2, -0.15) is 0 Å². The molecule has 1 aromatic carbocycles. The number of amides is 1. The topological polar surface area (TPSA) is 38.8 Å². The van der Waals surface area contributed by atoms with Gasteiger partial charge >= 0.3 is 6.09 Å². The predicted molar refractivity (Wildman–Crippen MR) is 92.0 cm³/mol. The van der Waals surface area contributed by atoms with Crippen molar-refractivity contribution in [1.82, 2.24) is 4.90 Å². The summed E-state index contributed by atoms with van der Waals surface area (Å²) in [6.45, 7) is 7.80. The van der Waals surface area contributed by atoms with Gasteiger partial charge in [0.15, 0.2) is 0 Å². The van der Waals surface area contributed by atoms with E-state index in [4.69, 9.17) is 21.1 Å². The van der Waals surface area contributed by atoms with E-state index in [1.54, 1.807) is 4.90 Å². The Kier molecular flexibility index (Phi) is 6.17. The van der Waals surface area contributed by atoms with Gasteiger partial charge in [0.25, 0.3) is 0 Å². The van der Waals surface area contributed by atoms with Crippen LogP contribution >= 0.6 is 11.6 Å². The maximum atomic E-state index is 12.0. The molecule has 0 bridgehead atoms. The van der Waals surface area contributed by atoms with Gasteiger partial charge < -0.3 is 14.4 Å². The normalized spacial score (nSPS) is 16.3. The lowest BCUT2D eigenvalue weighted by Crippen LogP contribution is -2.42. The number of likely N-dealkylation sites (tertiary alicyclic amines) is 1. The monoisotopic (exact) mass is 339 g/mol. The first-order valence-corrected chi connectivity index (χ1v) is 8.66. The molecule has 0 N–H and O–H groups in total. The van der Waals surface area contributed by atoms with Crippen LogP contribution in [0.15, 0.2) is 24.3 Å². The van der Waals surface area contributed by atoms with Crippen molar-refractivity contribution in [1.29, 1.82) is 0 Å². The van der Waals surface area contributed by atoms with E-state index < -0.39 is 5.60 Å². The Bertz CT molecular complexity index is 519. The van der Waals surface area contributed by atoms with Crippen molar-refractivity contribution in [2.24, 2.45) is 5.92 Å². The van der Waals surface area contributed by atoms with Crippen LogP contribution in [0.4, 0.5) is 4.79 Å². The highest BCUT2D eigenvalue weighted by Crippen LogP contribution is 2.22. The number of piperidine rings is 1. The number of halogens is 1. The first-order valence-electron chi connectivity index (χ1n) is 8.13. The first kappa shape index (κ1) is 17.9. The minimum atomic E-state index is -0.440. The molecule has 0 saturated carbocycles. The van der Waals surface area contributed by atoms with Crippen LogP contribution in [0.5, 0.6) is 5.75 Å². The SMILES string of the molecule is CC(C)(C)OC(=O)N1CCC(COc2cccc(CCl)c2)CC1. The lowest BCUT2D eigenvalue weighted by atomic mass is 9.98. The lowest BCUT2D eigenvalue weighted by molar-refractivity contribution is 0.0165. The number of alkyl halides is 1. The Morgan fingerprint density at radius 2 is 2.00 bits per heavy atom. The molecule has 1 saturated heterocycles. The van der Waals surface area contributed by atoms with E-state index in [1.807, 2.05) is 45.0 Å². The summed E-state index contributed by atoms with van der Waals surface area (Å²) in [6.07, 6.45) is 1.66. The summed E-state index contributed by atoms with van der Waals surface area (Å²) in [4.78, 5) is 13.8. The second-order valence-electron chi connectivity index (χ2n) is 7.00. The summed E-state index contributed by atoms with van der Waals surface area (Å²) in [6, 6.07) is 7.87. The number of hydrogen-bond donors (Lipinski definition) is 0. The molecule has 4 nitrogen and oxygen atoms in total. The third kappa shape index (κ3) is 5.94. The number of benzene rings is 1. The second kappa shape index (κ2) is 7.91. The molecule has 2 rings (SSSR count). The molecule has 0 aromatic heterocycles. The van der Waals surface area contributed by atoms with Crippen molar-refractivity contribution < 1.29 is 14.3 Å². The van der Waals surface area contributed by atoms with Crippen molar-refractivity contribution in [2.45, 2.75) is 45.1 Å². The third-order valence-electron chi connectivity index (χ3n) is 3.80. The predicted octanol–water partition coefficient (Wildman–Crippen LogP) is 4.45. The zero-order chi connectivity index (χ0) is 16.9. The maximum absolute atomic E-state index is 12.0. The Labute approximate surface area is 143 Å². The van der Waals surface area contributed by atoms with E-state index >= 15 is 0 Å². The van der Waals surface area contributed by atoms with Gasteiger partial charge in [-0.1, -0.05) is 12.1 Å². The van der Waals surface area contributed by atoms with Gasteiger partial charge in [0.2, 0.25) is 0 Å². The molecule has 1 aromatic rings. The number of hydrogen-bond acceptors (Lipinski definition) is 3. The molecule has 0 spiro atoms. The average molecular weight is 340 g/mol. The van der Waals surface area contributed by atoms with Gasteiger partial charge in [-0.25, -0.2) is 4.79 Å². The van der Waals surface area contributed by atoms with Gasteiger partial charge in [-0.3, -0.25) is 0 Å². The molecule has 128 valence electrons. The summed E-state index contributed by atoms with van der Waals surface area (Å²) in [5, 5.41) is 0. The van der Waals surface area contributed by atoms with Crippen LogP contribution in [0.25, 0.3) is 0 Å². The smallest absolute Gasteiger partial charge is 0.410 e. The number of carbonyl (C=O) groups excluding carboxylic acids is 1.